The first-order valence-corrected chi connectivity index (χ1v) is 5.97. The van der Waals surface area contributed by atoms with E-state index in [-0.39, 0.29) is 24.0 Å². The van der Waals surface area contributed by atoms with E-state index in [1.54, 1.807) is 0 Å². The van der Waals surface area contributed by atoms with E-state index >= 15 is 0 Å². The van der Waals surface area contributed by atoms with E-state index in [9.17, 15) is 0 Å². The van der Waals surface area contributed by atoms with Gasteiger partial charge >= 0.3 is 0 Å². The molecule has 1 aliphatic rings. The Morgan fingerprint density at radius 3 is 2.93 bits per heavy atom. The summed E-state index contributed by atoms with van der Waals surface area (Å²) in [6.07, 6.45) is 1.16. The maximum Gasteiger partial charge on any atom is 0.191 e. The minimum Gasteiger partial charge on any atom is -0.356 e. The van der Waals surface area contributed by atoms with Crippen molar-refractivity contribution in [1.82, 2.24) is 10.6 Å². The molecule has 0 aromatic carbocycles. The van der Waals surface area contributed by atoms with E-state index < -0.39 is 0 Å². The summed E-state index contributed by atoms with van der Waals surface area (Å²) in [4.78, 5) is 4.33. The zero-order chi connectivity index (χ0) is 9.52. The average Bonchev–Trinajstić information content (AvgIpc) is 2.14. The minimum absolute atomic E-state index is 0. The van der Waals surface area contributed by atoms with Gasteiger partial charge in [0, 0.05) is 25.4 Å². The first kappa shape index (κ1) is 14.3. The Morgan fingerprint density at radius 2 is 2.36 bits per heavy atom. The zero-order valence-corrected chi connectivity index (χ0v) is 12.0. The molecule has 2 N–H and O–H groups in total. The van der Waals surface area contributed by atoms with Crippen LogP contribution in [0.4, 0.5) is 0 Å². The molecule has 1 aliphatic heterocycles. The number of halogens is 1. The first-order chi connectivity index (χ1) is 6.29. The van der Waals surface area contributed by atoms with Crippen LogP contribution in [-0.2, 0) is 0 Å². The molecule has 0 spiro atoms. The number of guanidine groups is 1. The fourth-order valence-corrected chi connectivity index (χ4v) is 1.81. The summed E-state index contributed by atoms with van der Waals surface area (Å²) in [6, 6.07) is 0. The van der Waals surface area contributed by atoms with Crippen LogP contribution in [-0.4, -0.2) is 36.6 Å². The Bertz CT molecular complexity index is 173. The zero-order valence-electron chi connectivity index (χ0n) is 8.88. The van der Waals surface area contributed by atoms with Crippen LogP contribution in [0.25, 0.3) is 0 Å². The van der Waals surface area contributed by atoms with Gasteiger partial charge in [0.15, 0.2) is 5.96 Å². The van der Waals surface area contributed by atoms with E-state index in [1.165, 1.54) is 0 Å². The topological polar surface area (TPSA) is 36.4 Å². The van der Waals surface area contributed by atoms with Gasteiger partial charge < -0.3 is 10.6 Å². The number of hydrogen-bond acceptors (Lipinski definition) is 4. The molecule has 0 atom stereocenters. The Kier molecular flexibility index (Phi) is 8.86. The molecule has 3 nitrogen and oxygen atoms in total. The van der Waals surface area contributed by atoms with Crippen molar-refractivity contribution in [3.8, 4) is 0 Å². The van der Waals surface area contributed by atoms with Gasteiger partial charge in [-0.1, -0.05) is 13.8 Å². The van der Waals surface area contributed by atoms with Gasteiger partial charge in [-0.25, -0.2) is 0 Å². The van der Waals surface area contributed by atoms with Crippen LogP contribution in [0.1, 0.15) is 20.3 Å². The quantitative estimate of drug-likeness (QED) is 0.609. The molecule has 0 fully saturated rings. The van der Waals surface area contributed by atoms with E-state index in [1.807, 2.05) is 11.8 Å². The molecule has 0 bridgehead atoms. The smallest absolute Gasteiger partial charge is 0.191 e. The molecule has 1 rings (SSSR count). The van der Waals surface area contributed by atoms with Crippen molar-refractivity contribution in [2.45, 2.75) is 25.5 Å². The van der Waals surface area contributed by atoms with Crippen LogP contribution in [0.15, 0.2) is 4.99 Å². The highest BCUT2D eigenvalue weighted by Gasteiger charge is 2.02. The van der Waals surface area contributed by atoms with Gasteiger partial charge in [0.05, 0.1) is 0 Å². The first-order valence-electron chi connectivity index (χ1n) is 4.93. The fraction of sp³-hybridized carbons (Fsp3) is 0.889. The molecule has 14 heavy (non-hydrogen) atoms. The summed E-state index contributed by atoms with van der Waals surface area (Å²) < 4.78 is 0. The van der Waals surface area contributed by atoms with Crippen molar-refractivity contribution >= 4 is 41.7 Å². The van der Waals surface area contributed by atoms with Gasteiger partial charge in [0.1, 0.15) is 0 Å². The summed E-state index contributed by atoms with van der Waals surface area (Å²) >= 11 is 1.97. The fourth-order valence-electron chi connectivity index (χ4n) is 1.12. The molecular formula is C9H20IN3S. The van der Waals surface area contributed by atoms with Crippen LogP contribution in [0.3, 0.4) is 0 Å². The maximum absolute atomic E-state index is 4.33. The SMILES string of the molecule is CC(C)SCCNC1=NCCCN1.I. The normalized spacial score (nSPS) is 15.5. The Hall–Kier alpha value is 0.350. The van der Waals surface area contributed by atoms with E-state index in [0.717, 1.165) is 43.0 Å². The van der Waals surface area contributed by atoms with Crippen LogP contribution in [0, 0.1) is 0 Å². The average molecular weight is 329 g/mol. The van der Waals surface area contributed by atoms with E-state index in [0.29, 0.717) is 0 Å². The van der Waals surface area contributed by atoms with Crippen LogP contribution < -0.4 is 10.6 Å². The molecule has 0 saturated carbocycles. The molecule has 0 amide bonds. The summed E-state index contributed by atoms with van der Waals surface area (Å²) in [5.41, 5.74) is 0. The number of aliphatic imine (C=N–C) groups is 1. The van der Waals surface area contributed by atoms with Gasteiger partial charge in [0.2, 0.25) is 0 Å². The number of nitrogens with one attached hydrogen (secondary N) is 2. The molecular weight excluding hydrogens is 309 g/mol. The predicted molar refractivity (Wildman–Crippen MR) is 75.9 cm³/mol. The van der Waals surface area contributed by atoms with Crippen LogP contribution >= 0.6 is 35.7 Å². The van der Waals surface area contributed by atoms with Gasteiger partial charge in [-0.2, -0.15) is 11.8 Å². The number of thioether (sulfide) groups is 1. The molecule has 1 heterocycles. The summed E-state index contributed by atoms with van der Waals surface area (Å²) in [5.74, 6) is 2.13. The van der Waals surface area contributed by atoms with Gasteiger partial charge in [-0.3, -0.25) is 4.99 Å². The van der Waals surface area contributed by atoms with Gasteiger partial charge in [-0.05, 0) is 11.7 Å². The summed E-state index contributed by atoms with van der Waals surface area (Å²) in [7, 11) is 0. The third-order valence-electron chi connectivity index (χ3n) is 1.74. The van der Waals surface area contributed by atoms with Crippen molar-refractivity contribution in [2.75, 3.05) is 25.4 Å². The van der Waals surface area contributed by atoms with Crippen molar-refractivity contribution in [3.05, 3.63) is 0 Å². The number of hydrogen-bond donors (Lipinski definition) is 2. The second-order valence-corrected chi connectivity index (χ2v) is 5.04. The number of nitrogens with zero attached hydrogens (tertiary/aromatic N) is 1. The Morgan fingerprint density at radius 1 is 1.57 bits per heavy atom. The van der Waals surface area contributed by atoms with Gasteiger partial charge in [-0.15, -0.1) is 24.0 Å². The summed E-state index contributed by atoms with van der Waals surface area (Å²) in [6.45, 7) is 7.48. The largest absolute Gasteiger partial charge is 0.356 e. The second-order valence-electron chi connectivity index (χ2n) is 3.36. The molecule has 0 radical (unpaired) electrons. The second kappa shape index (κ2) is 8.64. The third kappa shape index (κ3) is 6.75. The van der Waals surface area contributed by atoms with Crippen molar-refractivity contribution in [2.24, 2.45) is 4.99 Å². The van der Waals surface area contributed by atoms with Crippen molar-refractivity contribution < 1.29 is 0 Å². The molecule has 5 heteroatoms. The molecule has 0 aromatic rings. The van der Waals surface area contributed by atoms with Gasteiger partial charge in [0.25, 0.3) is 0 Å². The van der Waals surface area contributed by atoms with E-state index in [2.05, 4.69) is 29.5 Å². The van der Waals surface area contributed by atoms with E-state index in [4.69, 9.17) is 0 Å². The molecule has 0 aromatic heterocycles. The summed E-state index contributed by atoms with van der Waals surface area (Å²) in [5, 5.41) is 7.26. The standard InChI is InChI=1S/C9H19N3S.HI/c1-8(2)13-7-6-12-9-10-4-3-5-11-9;/h8H,3-7H2,1-2H3,(H2,10,11,12);1H. The monoisotopic (exact) mass is 329 g/mol. The minimum atomic E-state index is 0. The van der Waals surface area contributed by atoms with Crippen LogP contribution in [0.5, 0.6) is 0 Å². The third-order valence-corrected chi connectivity index (χ3v) is 2.85. The molecule has 84 valence electrons. The lowest BCUT2D eigenvalue weighted by Crippen LogP contribution is -2.41. The number of rotatable bonds is 4. The highest BCUT2D eigenvalue weighted by Crippen LogP contribution is 2.06. The predicted octanol–water partition coefficient (Wildman–Crippen LogP) is 1.68. The maximum atomic E-state index is 4.33. The lowest BCUT2D eigenvalue weighted by molar-refractivity contribution is 0.709. The Balaban J connectivity index is 0.00000169. The Labute approximate surface area is 108 Å². The highest BCUT2D eigenvalue weighted by molar-refractivity contribution is 14.0. The van der Waals surface area contributed by atoms with Crippen LogP contribution in [0.2, 0.25) is 0 Å². The lowest BCUT2D eigenvalue weighted by atomic mass is 10.4. The molecule has 0 unspecified atom stereocenters. The van der Waals surface area contributed by atoms with Crippen molar-refractivity contribution in [1.29, 1.82) is 0 Å². The molecule has 0 saturated heterocycles. The highest BCUT2D eigenvalue weighted by atomic mass is 127. The molecule has 0 aliphatic carbocycles. The van der Waals surface area contributed by atoms with Crippen molar-refractivity contribution in [3.63, 3.8) is 0 Å². The lowest BCUT2D eigenvalue weighted by Gasteiger charge is -2.16.